The van der Waals surface area contributed by atoms with Crippen molar-refractivity contribution in [1.29, 1.82) is 0 Å². The van der Waals surface area contributed by atoms with Crippen LogP contribution in [0.3, 0.4) is 0 Å². The monoisotopic (exact) mass is 350 g/mol. The molecule has 3 aromatic rings. The lowest BCUT2D eigenvalue weighted by Crippen LogP contribution is -2.33. The van der Waals surface area contributed by atoms with E-state index in [4.69, 9.17) is 4.42 Å². The Kier molecular flexibility index (Phi) is 5.21. The fraction of sp³-hybridized carbons (Fsp3) is 0.409. The van der Waals surface area contributed by atoms with Crippen molar-refractivity contribution < 1.29 is 4.42 Å². The van der Waals surface area contributed by atoms with Crippen LogP contribution in [0.5, 0.6) is 0 Å². The SMILES string of the molecule is O=c1[nH]c2c(CCCCN3CCC(c4ccccc4)CC3)cccc2o1. The molecule has 4 rings (SSSR count). The van der Waals surface area contributed by atoms with E-state index in [1.807, 2.05) is 12.1 Å². The largest absolute Gasteiger partial charge is 0.417 e. The van der Waals surface area contributed by atoms with Crippen LogP contribution >= 0.6 is 0 Å². The summed E-state index contributed by atoms with van der Waals surface area (Å²) in [5, 5.41) is 0. The summed E-state index contributed by atoms with van der Waals surface area (Å²) >= 11 is 0. The van der Waals surface area contributed by atoms with Crippen molar-refractivity contribution in [3.05, 3.63) is 70.2 Å². The highest BCUT2D eigenvalue weighted by atomic mass is 16.4. The summed E-state index contributed by atoms with van der Waals surface area (Å²) < 4.78 is 5.14. The van der Waals surface area contributed by atoms with Crippen LogP contribution in [0.25, 0.3) is 11.1 Å². The zero-order valence-corrected chi connectivity index (χ0v) is 15.1. The number of unbranched alkanes of at least 4 members (excludes halogenated alkanes) is 1. The summed E-state index contributed by atoms with van der Waals surface area (Å²) in [5.74, 6) is 0.358. The molecule has 0 bridgehead atoms. The number of oxazole rings is 1. The number of piperidine rings is 1. The number of fused-ring (bicyclic) bond motifs is 1. The van der Waals surface area contributed by atoms with Gasteiger partial charge in [-0.1, -0.05) is 42.5 Å². The Balaban J connectivity index is 1.23. The number of hydrogen-bond donors (Lipinski definition) is 1. The molecule has 1 N–H and O–H groups in total. The molecule has 0 aliphatic carbocycles. The second-order valence-electron chi connectivity index (χ2n) is 7.29. The number of aromatic amines is 1. The van der Waals surface area contributed by atoms with Crippen LogP contribution in [0.15, 0.2) is 57.7 Å². The maximum absolute atomic E-state index is 11.4. The molecule has 1 fully saturated rings. The highest BCUT2D eigenvalue weighted by Crippen LogP contribution is 2.27. The number of aromatic nitrogens is 1. The maximum Gasteiger partial charge on any atom is 0.417 e. The van der Waals surface area contributed by atoms with Gasteiger partial charge in [-0.2, -0.15) is 0 Å². The molecule has 0 amide bonds. The van der Waals surface area contributed by atoms with E-state index in [0.717, 1.165) is 24.3 Å². The maximum atomic E-state index is 11.4. The third-order valence-corrected chi connectivity index (χ3v) is 5.57. The molecule has 0 spiro atoms. The molecule has 136 valence electrons. The number of nitrogens with zero attached hydrogens (tertiary/aromatic N) is 1. The summed E-state index contributed by atoms with van der Waals surface area (Å²) in [5.41, 5.74) is 4.20. The van der Waals surface area contributed by atoms with Gasteiger partial charge in [-0.05, 0) is 74.8 Å². The first-order valence-corrected chi connectivity index (χ1v) is 9.67. The number of aryl methyl sites for hydroxylation is 1. The fourth-order valence-corrected chi connectivity index (χ4v) is 4.11. The molecule has 1 saturated heterocycles. The van der Waals surface area contributed by atoms with E-state index >= 15 is 0 Å². The number of benzene rings is 2. The normalized spacial score (nSPS) is 16.3. The first-order chi connectivity index (χ1) is 12.8. The van der Waals surface area contributed by atoms with Crippen molar-refractivity contribution in [2.24, 2.45) is 0 Å². The highest BCUT2D eigenvalue weighted by molar-refractivity contribution is 5.75. The highest BCUT2D eigenvalue weighted by Gasteiger charge is 2.19. The summed E-state index contributed by atoms with van der Waals surface area (Å²) in [4.78, 5) is 16.8. The fourth-order valence-electron chi connectivity index (χ4n) is 4.11. The average molecular weight is 350 g/mol. The number of rotatable bonds is 6. The zero-order chi connectivity index (χ0) is 17.8. The molecular formula is C22H26N2O2. The Hall–Kier alpha value is -2.33. The first kappa shape index (κ1) is 17.1. The van der Waals surface area contributed by atoms with Gasteiger partial charge in [0.1, 0.15) is 0 Å². The van der Waals surface area contributed by atoms with Gasteiger partial charge in [0.05, 0.1) is 5.52 Å². The lowest BCUT2D eigenvalue weighted by atomic mass is 9.89. The molecular weight excluding hydrogens is 324 g/mol. The number of hydrogen-bond acceptors (Lipinski definition) is 3. The van der Waals surface area contributed by atoms with Crippen molar-refractivity contribution in [2.45, 2.75) is 38.0 Å². The molecule has 2 aromatic carbocycles. The smallest absolute Gasteiger partial charge is 0.408 e. The molecule has 0 atom stereocenters. The molecule has 0 saturated carbocycles. The molecule has 4 heteroatoms. The first-order valence-electron chi connectivity index (χ1n) is 9.67. The molecule has 1 aromatic heterocycles. The van der Waals surface area contributed by atoms with Crippen molar-refractivity contribution in [2.75, 3.05) is 19.6 Å². The van der Waals surface area contributed by atoms with Crippen molar-refractivity contribution >= 4 is 11.1 Å². The second kappa shape index (κ2) is 7.92. The van der Waals surface area contributed by atoms with Gasteiger partial charge in [-0.3, -0.25) is 4.98 Å². The molecule has 1 aliphatic rings. The van der Waals surface area contributed by atoms with Crippen LogP contribution in [0.1, 0.15) is 42.7 Å². The Labute approximate surface area is 153 Å². The number of nitrogens with one attached hydrogen (secondary N) is 1. The quantitative estimate of drug-likeness (QED) is 0.674. The average Bonchev–Trinajstić information content (AvgIpc) is 3.07. The predicted molar refractivity (Wildman–Crippen MR) is 105 cm³/mol. The van der Waals surface area contributed by atoms with Crippen molar-refractivity contribution in [3.63, 3.8) is 0 Å². The summed E-state index contributed by atoms with van der Waals surface area (Å²) in [6.45, 7) is 3.56. The van der Waals surface area contributed by atoms with Crippen LogP contribution in [0, 0.1) is 0 Å². The van der Waals surface area contributed by atoms with E-state index in [1.165, 1.54) is 50.0 Å². The summed E-state index contributed by atoms with van der Waals surface area (Å²) in [7, 11) is 0. The molecule has 26 heavy (non-hydrogen) atoms. The lowest BCUT2D eigenvalue weighted by Gasteiger charge is -2.32. The van der Waals surface area contributed by atoms with Crippen LogP contribution < -0.4 is 5.76 Å². The van der Waals surface area contributed by atoms with E-state index in [1.54, 1.807) is 0 Å². The Bertz CT molecular complexity index is 889. The van der Waals surface area contributed by atoms with E-state index < -0.39 is 0 Å². The van der Waals surface area contributed by atoms with Crippen LogP contribution in [-0.4, -0.2) is 29.5 Å². The van der Waals surface area contributed by atoms with Gasteiger partial charge in [-0.15, -0.1) is 0 Å². The minimum absolute atomic E-state index is 0.367. The number of likely N-dealkylation sites (tertiary alicyclic amines) is 1. The molecule has 1 aliphatic heterocycles. The van der Waals surface area contributed by atoms with E-state index in [-0.39, 0.29) is 5.76 Å². The molecule has 0 radical (unpaired) electrons. The van der Waals surface area contributed by atoms with E-state index in [9.17, 15) is 4.79 Å². The van der Waals surface area contributed by atoms with Crippen LogP contribution in [0.2, 0.25) is 0 Å². The molecule has 2 heterocycles. The van der Waals surface area contributed by atoms with Crippen molar-refractivity contribution in [3.8, 4) is 0 Å². The number of H-pyrrole nitrogens is 1. The molecule has 4 nitrogen and oxygen atoms in total. The van der Waals surface area contributed by atoms with Crippen LogP contribution in [0.4, 0.5) is 0 Å². The second-order valence-corrected chi connectivity index (χ2v) is 7.29. The number of para-hydroxylation sites is 1. The Morgan fingerprint density at radius 2 is 1.81 bits per heavy atom. The Morgan fingerprint density at radius 3 is 2.62 bits per heavy atom. The van der Waals surface area contributed by atoms with Gasteiger partial charge in [0, 0.05) is 0 Å². The minimum atomic E-state index is -0.367. The van der Waals surface area contributed by atoms with Gasteiger partial charge >= 0.3 is 5.76 Å². The zero-order valence-electron chi connectivity index (χ0n) is 15.1. The Morgan fingerprint density at radius 1 is 1.00 bits per heavy atom. The topological polar surface area (TPSA) is 49.2 Å². The van der Waals surface area contributed by atoms with Gasteiger partial charge in [0.15, 0.2) is 5.58 Å². The minimum Gasteiger partial charge on any atom is -0.408 e. The van der Waals surface area contributed by atoms with Crippen molar-refractivity contribution in [1.82, 2.24) is 9.88 Å². The van der Waals surface area contributed by atoms with Gasteiger partial charge in [-0.25, -0.2) is 4.79 Å². The standard InChI is InChI=1S/C22H26N2O2/c25-22-23-21-19(10-6-11-20(21)26-22)9-4-5-14-24-15-12-18(13-16-24)17-7-2-1-3-8-17/h1-3,6-8,10-11,18H,4-5,9,12-16H2,(H,23,25). The summed E-state index contributed by atoms with van der Waals surface area (Å²) in [6.07, 6.45) is 5.83. The predicted octanol–water partition coefficient (Wildman–Crippen LogP) is 4.32. The third kappa shape index (κ3) is 3.91. The van der Waals surface area contributed by atoms with Crippen LogP contribution in [-0.2, 0) is 6.42 Å². The molecule has 0 unspecified atom stereocenters. The van der Waals surface area contributed by atoms with E-state index in [0.29, 0.717) is 5.58 Å². The van der Waals surface area contributed by atoms with Gasteiger partial charge in [0.25, 0.3) is 0 Å². The lowest BCUT2D eigenvalue weighted by molar-refractivity contribution is 0.209. The third-order valence-electron chi connectivity index (χ3n) is 5.57. The van der Waals surface area contributed by atoms with E-state index in [2.05, 4.69) is 46.3 Å². The van der Waals surface area contributed by atoms with Gasteiger partial charge in [0.2, 0.25) is 0 Å². The summed E-state index contributed by atoms with van der Waals surface area (Å²) in [6, 6.07) is 16.8. The van der Waals surface area contributed by atoms with Gasteiger partial charge < -0.3 is 9.32 Å².